The molecule has 5 aromatic rings. The summed E-state index contributed by atoms with van der Waals surface area (Å²) in [6.07, 6.45) is 0. The fraction of sp³-hybridized carbons (Fsp3) is 0.233. The Kier molecular flexibility index (Phi) is 5.75. The summed E-state index contributed by atoms with van der Waals surface area (Å²) in [5, 5.41) is 10.9. The number of carboxylic acid groups (broad SMARTS) is 1. The molecule has 0 saturated heterocycles. The van der Waals surface area contributed by atoms with Crippen LogP contribution in [0.15, 0.2) is 83.3 Å². The maximum atomic E-state index is 12.0. The lowest BCUT2D eigenvalue weighted by Gasteiger charge is -2.11. The van der Waals surface area contributed by atoms with E-state index >= 15 is 0 Å². The van der Waals surface area contributed by atoms with Crippen LogP contribution in [-0.2, 0) is 17.9 Å². The molecule has 0 aliphatic heterocycles. The van der Waals surface area contributed by atoms with Gasteiger partial charge in [-0.15, -0.1) is 0 Å². The fourth-order valence-corrected chi connectivity index (χ4v) is 5.58. The molecule has 2 heterocycles. The van der Waals surface area contributed by atoms with Crippen molar-refractivity contribution in [1.82, 2.24) is 14.5 Å². The van der Waals surface area contributed by atoms with Crippen molar-refractivity contribution >= 4 is 43.8 Å². The molecule has 2 atom stereocenters. The SMILES string of the molecule is CC1(C)C(c2nc3cc(OCc4ccc5ccccc5n4)ccc3n2Cc2ccc(Br)cc2)[C@@H]1C(=O)O. The van der Waals surface area contributed by atoms with Gasteiger partial charge < -0.3 is 14.4 Å². The van der Waals surface area contributed by atoms with E-state index in [1.54, 1.807) is 0 Å². The molecule has 1 saturated carbocycles. The molecule has 1 N–H and O–H groups in total. The molecular formula is C30H26BrN3O3. The van der Waals surface area contributed by atoms with Crippen molar-refractivity contribution in [3.8, 4) is 5.75 Å². The van der Waals surface area contributed by atoms with Crippen LogP contribution >= 0.6 is 15.9 Å². The molecule has 0 radical (unpaired) electrons. The number of rotatable bonds is 7. The molecule has 37 heavy (non-hydrogen) atoms. The summed E-state index contributed by atoms with van der Waals surface area (Å²) < 4.78 is 9.27. The monoisotopic (exact) mass is 555 g/mol. The second-order valence-electron chi connectivity index (χ2n) is 10.2. The van der Waals surface area contributed by atoms with E-state index in [9.17, 15) is 9.90 Å². The summed E-state index contributed by atoms with van der Waals surface area (Å²) in [7, 11) is 0. The largest absolute Gasteiger partial charge is 0.487 e. The molecule has 6 rings (SSSR count). The Balaban J connectivity index is 1.33. The summed E-state index contributed by atoms with van der Waals surface area (Å²) in [6.45, 7) is 4.97. The predicted molar refractivity (Wildman–Crippen MR) is 147 cm³/mol. The molecule has 1 unspecified atom stereocenters. The Labute approximate surface area is 223 Å². The van der Waals surface area contributed by atoms with E-state index in [0.717, 1.165) is 43.5 Å². The predicted octanol–water partition coefficient (Wildman–Crippen LogP) is 6.80. The van der Waals surface area contributed by atoms with Crippen LogP contribution in [0.5, 0.6) is 5.75 Å². The summed E-state index contributed by atoms with van der Waals surface area (Å²) >= 11 is 3.50. The number of aliphatic carboxylic acids is 1. The Morgan fingerprint density at radius 2 is 1.78 bits per heavy atom. The zero-order valence-corrected chi connectivity index (χ0v) is 22.1. The number of hydrogen-bond acceptors (Lipinski definition) is 4. The van der Waals surface area contributed by atoms with Crippen molar-refractivity contribution in [2.24, 2.45) is 11.3 Å². The standard InChI is InChI=1S/C30H26BrN3O3/c1-30(2)26(27(30)29(35)36)28-33-24-15-22(37-17-21-12-9-19-5-3-4-6-23(19)32-21)13-14-25(24)34(28)16-18-7-10-20(31)11-8-18/h3-15,26-27H,16-17H2,1-2H3,(H,35,36)/t26?,27-/m1/s1. The van der Waals surface area contributed by atoms with Gasteiger partial charge >= 0.3 is 5.97 Å². The smallest absolute Gasteiger partial charge is 0.307 e. The highest BCUT2D eigenvalue weighted by atomic mass is 79.9. The maximum absolute atomic E-state index is 12.0. The summed E-state index contributed by atoms with van der Waals surface area (Å²) in [5.74, 6) is 0.127. The lowest BCUT2D eigenvalue weighted by atomic mass is 10.1. The van der Waals surface area contributed by atoms with Gasteiger partial charge in [0.05, 0.1) is 28.2 Å². The second-order valence-corrected chi connectivity index (χ2v) is 11.1. The number of ether oxygens (including phenoxy) is 1. The molecule has 7 heteroatoms. The molecule has 3 aromatic carbocycles. The van der Waals surface area contributed by atoms with Crippen LogP contribution in [0.1, 0.15) is 36.8 Å². The maximum Gasteiger partial charge on any atom is 0.307 e. The molecule has 1 aliphatic rings. The highest BCUT2D eigenvalue weighted by Crippen LogP contribution is 2.64. The van der Waals surface area contributed by atoms with E-state index < -0.39 is 11.9 Å². The Morgan fingerprint density at radius 1 is 1.00 bits per heavy atom. The van der Waals surface area contributed by atoms with Crippen LogP contribution in [0.2, 0.25) is 0 Å². The highest BCUT2D eigenvalue weighted by molar-refractivity contribution is 9.10. The zero-order valence-electron chi connectivity index (χ0n) is 20.6. The number of pyridine rings is 1. The van der Waals surface area contributed by atoms with Gasteiger partial charge in [-0.05, 0) is 47.4 Å². The van der Waals surface area contributed by atoms with Crippen molar-refractivity contribution in [1.29, 1.82) is 0 Å². The van der Waals surface area contributed by atoms with Gasteiger partial charge in [-0.25, -0.2) is 9.97 Å². The Bertz CT molecular complexity index is 1640. The van der Waals surface area contributed by atoms with Crippen LogP contribution < -0.4 is 4.74 Å². The first-order chi connectivity index (χ1) is 17.8. The van der Waals surface area contributed by atoms with E-state index in [4.69, 9.17) is 14.7 Å². The van der Waals surface area contributed by atoms with Crippen LogP contribution in [-0.4, -0.2) is 25.6 Å². The minimum atomic E-state index is -0.774. The van der Waals surface area contributed by atoms with Crippen LogP contribution in [0.3, 0.4) is 0 Å². The van der Waals surface area contributed by atoms with Gasteiger partial charge in [-0.2, -0.15) is 0 Å². The molecule has 2 aromatic heterocycles. The molecule has 186 valence electrons. The number of benzene rings is 3. The van der Waals surface area contributed by atoms with Crippen molar-refractivity contribution < 1.29 is 14.6 Å². The summed E-state index contributed by atoms with van der Waals surface area (Å²) in [4.78, 5) is 21.6. The molecule has 1 fully saturated rings. The quantitative estimate of drug-likeness (QED) is 0.239. The van der Waals surface area contributed by atoms with Crippen molar-refractivity contribution in [3.05, 3.63) is 100 Å². The zero-order chi connectivity index (χ0) is 25.7. The van der Waals surface area contributed by atoms with E-state index in [1.165, 1.54) is 0 Å². The normalized spacial score (nSPS) is 18.2. The number of para-hydroxylation sites is 1. The van der Waals surface area contributed by atoms with Gasteiger partial charge in [0.25, 0.3) is 0 Å². The van der Waals surface area contributed by atoms with Gasteiger partial charge in [0.15, 0.2) is 0 Å². The first-order valence-electron chi connectivity index (χ1n) is 12.3. The lowest BCUT2D eigenvalue weighted by Crippen LogP contribution is -2.07. The van der Waals surface area contributed by atoms with Gasteiger partial charge in [-0.1, -0.05) is 66.2 Å². The molecule has 0 amide bonds. The second kappa shape index (κ2) is 8.99. The first-order valence-corrected chi connectivity index (χ1v) is 13.1. The van der Waals surface area contributed by atoms with E-state index in [0.29, 0.717) is 18.9 Å². The number of hydrogen-bond donors (Lipinski definition) is 1. The third-order valence-corrected chi connectivity index (χ3v) is 7.95. The van der Waals surface area contributed by atoms with Crippen LogP contribution in [0.25, 0.3) is 21.9 Å². The Hall–Kier alpha value is -3.71. The average Bonchev–Trinajstić information content (AvgIpc) is 3.31. The van der Waals surface area contributed by atoms with Crippen molar-refractivity contribution in [2.45, 2.75) is 32.9 Å². The fourth-order valence-electron chi connectivity index (χ4n) is 5.32. The molecule has 1 aliphatic carbocycles. The Morgan fingerprint density at radius 3 is 2.54 bits per heavy atom. The number of carboxylic acids is 1. The van der Waals surface area contributed by atoms with Gasteiger partial charge in [-0.3, -0.25) is 4.79 Å². The minimum absolute atomic E-state index is 0.154. The van der Waals surface area contributed by atoms with Crippen molar-refractivity contribution in [3.63, 3.8) is 0 Å². The highest BCUT2D eigenvalue weighted by Gasteiger charge is 2.64. The molecule has 0 bridgehead atoms. The summed E-state index contributed by atoms with van der Waals surface area (Å²) in [5.41, 5.74) is 4.31. The number of carbonyl (C=O) groups is 1. The van der Waals surface area contributed by atoms with Gasteiger partial charge in [0.2, 0.25) is 0 Å². The first kappa shape index (κ1) is 23.7. The molecular weight excluding hydrogens is 530 g/mol. The number of fused-ring (bicyclic) bond motifs is 2. The van der Waals surface area contributed by atoms with Crippen LogP contribution in [0.4, 0.5) is 0 Å². The molecule has 0 spiro atoms. The molecule has 6 nitrogen and oxygen atoms in total. The number of halogens is 1. The van der Waals surface area contributed by atoms with Crippen molar-refractivity contribution in [2.75, 3.05) is 0 Å². The lowest BCUT2D eigenvalue weighted by molar-refractivity contribution is -0.139. The van der Waals surface area contributed by atoms with E-state index in [-0.39, 0.29) is 11.3 Å². The van der Waals surface area contributed by atoms with Gasteiger partial charge in [0.1, 0.15) is 18.2 Å². The third kappa shape index (κ3) is 4.37. The van der Waals surface area contributed by atoms with E-state index in [2.05, 4.69) is 38.7 Å². The van der Waals surface area contributed by atoms with Gasteiger partial charge in [0, 0.05) is 28.4 Å². The van der Waals surface area contributed by atoms with Crippen LogP contribution in [0, 0.1) is 11.3 Å². The average molecular weight is 556 g/mol. The topological polar surface area (TPSA) is 77.2 Å². The minimum Gasteiger partial charge on any atom is -0.487 e. The summed E-state index contributed by atoms with van der Waals surface area (Å²) in [6, 6.07) is 26.1. The number of imidazole rings is 1. The number of aromatic nitrogens is 3. The van der Waals surface area contributed by atoms with E-state index in [1.807, 2.05) is 74.5 Å². The number of nitrogens with zero attached hydrogens (tertiary/aromatic N) is 3. The third-order valence-electron chi connectivity index (χ3n) is 7.42.